The summed E-state index contributed by atoms with van der Waals surface area (Å²) in [4.78, 5) is 0.180. The van der Waals surface area contributed by atoms with Gasteiger partial charge in [0.25, 0.3) is 10.0 Å². The highest BCUT2D eigenvalue weighted by Gasteiger charge is 2.15. The van der Waals surface area contributed by atoms with Crippen LogP contribution in [0.5, 0.6) is 0 Å². The molecule has 0 atom stereocenters. The van der Waals surface area contributed by atoms with Gasteiger partial charge in [-0.15, -0.1) is 0 Å². The van der Waals surface area contributed by atoms with Crippen LogP contribution in [0.2, 0.25) is 0 Å². The minimum atomic E-state index is -3.73. The van der Waals surface area contributed by atoms with Gasteiger partial charge in [-0.25, -0.2) is 12.8 Å². The number of hydrogen-bond acceptors (Lipinski definition) is 3. The van der Waals surface area contributed by atoms with Gasteiger partial charge in [0.1, 0.15) is 5.82 Å². The Morgan fingerprint density at radius 2 is 1.78 bits per heavy atom. The van der Waals surface area contributed by atoms with E-state index in [0.717, 1.165) is 16.3 Å². The zero-order valence-electron chi connectivity index (χ0n) is 14.2. The van der Waals surface area contributed by atoms with Crippen LogP contribution in [0.15, 0.2) is 84.0 Å². The summed E-state index contributed by atoms with van der Waals surface area (Å²) in [5, 5.41) is 5.96. The fourth-order valence-corrected chi connectivity index (χ4v) is 3.94. The fourth-order valence-electron chi connectivity index (χ4n) is 2.87. The maximum atomic E-state index is 13.3. The number of rotatable bonds is 5. The van der Waals surface area contributed by atoms with E-state index in [1.165, 1.54) is 18.3 Å². The smallest absolute Gasteiger partial charge is 0.262 e. The predicted molar refractivity (Wildman–Crippen MR) is 102 cm³/mol. The van der Waals surface area contributed by atoms with Crippen LogP contribution in [0, 0.1) is 5.82 Å². The summed E-state index contributed by atoms with van der Waals surface area (Å²) in [6, 6.07) is 18.7. The topological polar surface area (TPSA) is 64.0 Å². The second-order valence-electron chi connectivity index (χ2n) is 6.17. The number of sulfonamides is 1. The van der Waals surface area contributed by atoms with Gasteiger partial charge in [-0.2, -0.15) is 5.10 Å². The van der Waals surface area contributed by atoms with Crippen molar-refractivity contribution in [1.29, 1.82) is 0 Å². The molecule has 5 nitrogen and oxygen atoms in total. The molecule has 0 saturated heterocycles. The molecule has 7 heteroatoms. The first-order chi connectivity index (χ1) is 13.0. The Hall–Kier alpha value is -3.19. The lowest BCUT2D eigenvalue weighted by atomic mass is 10.1. The van der Waals surface area contributed by atoms with E-state index in [4.69, 9.17) is 0 Å². The summed E-state index contributed by atoms with van der Waals surface area (Å²) in [5.41, 5.74) is 1.08. The first kappa shape index (κ1) is 17.2. The molecule has 0 amide bonds. The molecular weight excluding hydrogens is 365 g/mol. The van der Waals surface area contributed by atoms with Gasteiger partial charge in [0, 0.05) is 6.20 Å². The Morgan fingerprint density at radius 1 is 0.963 bits per heavy atom. The van der Waals surface area contributed by atoms with Crippen molar-refractivity contribution in [2.75, 3.05) is 4.72 Å². The van der Waals surface area contributed by atoms with Crippen molar-refractivity contribution >= 4 is 26.5 Å². The molecule has 0 saturated carbocycles. The zero-order chi connectivity index (χ0) is 18.9. The van der Waals surface area contributed by atoms with Crippen molar-refractivity contribution in [2.24, 2.45) is 0 Å². The van der Waals surface area contributed by atoms with E-state index in [1.54, 1.807) is 41.2 Å². The average molecular weight is 381 g/mol. The molecule has 3 aromatic carbocycles. The van der Waals surface area contributed by atoms with E-state index in [-0.39, 0.29) is 10.7 Å². The molecule has 0 fully saturated rings. The molecular formula is C20H16FN3O2S. The summed E-state index contributed by atoms with van der Waals surface area (Å²) in [6.07, 6.45) is 3.00. The Morgan fingerprint density at radius 3 is 2.59 bits per heavy atom. The molecule has 0 aliphatic carbocycles. The average Bonchev–Trinajstić information content (AvgIpc) is 3.07. The third kappa shape index (κ3) is 3.83. The maximum Gasteiger partial charge on any atom is 0.262 e. The molecule has 0 aliphatic heterocycles. The number of fused-ring (bicyclic) bond motifs is 1. The van der Waals surface area contributed by atoms with E-state index >= 15 is 0 Å². The number of anilines is 1. The molecule has 4 aromatic rings. The van der Waals surface area contributed by atoms with Crippen LogP contribution in [0.3, 0.4) is 0 Å². The SMILES string of the molecule is O=S(=O)(Nc1cnn(Cc2cccc(F)c2)c1)c1ccc2ccccc2c1. The molecule has 0 spiro atoms. The highest BCUT2D eigenvalue weighted by molar-refractivity contribution is 7.92. The molecule has 1 aromatic heterocycles. The van der Waals surface area contributed by atoms with Crippen LogP contribution in [0.1, 0.15) is 5.56 Å². The van der Waals surface area contributed by atoms with Crippen LogP contribution in [-0.2, 0) is 16.6 Å². The van der Waals surface area contributed by atoms with Gasteiger partial charge in [0.15, 0.2) is 0 Å². The maximum absolute atomic E-state index is 13.3. The summed E-state index contributed by atoms with van der Waals surface area (Å²) >= 11 is 0. The van der Waals surface area contributed by atoms with E-state index in [9.17, 15) is 12.8 Å². The molecule has 136 valence electrons. The molecule has 1 heterocycles. The molecule has 0 aliphatic rings. The summed E-state index contributed by atoms with van der Waals surface area (Å²) in [7, 11) is -3.73. The van der Waals surface area contributed by atoms with Crippen molar-refractivity contribution in [3.63, 3.8) is 0 Å². The van der Waals surface area contributed by atoms with E-state index in [1.807, 2.05) is 24.3 Å². The number of aromatic nitrogens is 2. The third-order valence-electron chi connectivity index (χ3n) is 4.15. The van der Waals surface area contributed by atoms with Gasteiger partial charge in [-0.1, -0.05) is 42.5 Å². The van der Waals surface area contributed by atoms with Gasteiger partial charge in [0.05, 0.1) is 23.3 Å². The number of nitrogens with zero attached hydrogens (tertiary/aromatic N) is 2. The van der Waals surface area contributed by atoms with Gasteiger partial charge < -0.3 is 0 Å². The Balaban J connectivity index is 1.55. The highest BCUT2D eigenvalue weighted by Crippen LogP contribution is 2.21. The molecule has 0 radical (unpaired) electrons. The lowest BCUT2D eigenvalue weighted by Crippen LogP contribution is -2.12. The quantitative estimate of drug-likeness (QED) is 0.568. The number of nitrogens with one attached hydrogen (secondary N) is 1. The molecule has 1 N–H and O–H groups in total. The van der Waals surface area contributed by atoms with Crippen LogP contribution >= 0.6 is 0 Å². The summed E-state index contributed by atoms with van der Waals surface area (Å²) in [5.74, 6) is -0.322. The minimum Gasteiger partial charge on any atom is -0.276 e. The molecule has 27 heavy (non-hydrogen) atoms. The predicted octanol–water partition coefficient (Wildman–Crippen LogP) is 4.02. The normalized spacial score (nSPS) is 11.6. The van der Waals surface area contributed by atoms with E-state index < -0.39 is 10.0 Å². The van der Waals surface area contributed by atoms with Gasteiger partial charge in [0.2, 0.25) is 0 Å². The van der Waals surface area contributed by atoms with Gasteiger partial charge in [-0.3, -0.25) is 9.40 Å². The Bertz CT molecular complexity index is 1220. The van der Waals surface area contributed by atoms with Gasteiger partial charge in [-0.05, 0) is 40.6 Å². The number of halogens is 1. The lowest BCUT2D eigenvalue weighted by Gasteiger charge is -2.07. The van der Waals surface area contributed by atoms with E-state index in [2.05, 4.69) is 9.82 Å². The monoisotopic (exact) mass is 381 g/mol. The summed E-state index contributed by atoms with van der Waals surface area (Å²) in [6.45, 7) is 0.343. The summed E-state index contributed by atoms with van der Waals surface area (Å²) < 4.78 is 42.7. The first-order valence-electron chi connectivity index (χ1n) is 8.28. The van der Waals surface area contributed by atoms with Crippen molar-refractivity contribution in [1.82, 2.24) is 9.78 Å². The second kappa shape index (κ2) is 6.85. The Labute approximate surface area is 156 Å². The van der Waals surface area contributed by atoms with E-state index in [0.29, 0.717) is 12.2 Å². The Kier molecular flexibility index (Phi) is 4.37. The van der Waals surface area contributed by atoms with Crippen LogP contribution < -0.4 is 4.72 Å². The van der Waals surface area contributed by atoms with Crippen molar-refractivity contribution in [2.45, 2.75) is 11.4 Å². The van der Waals surface area contributed by atoms with Crippen LogP contribution in [0.4, 0.5) is 10.1 Å². The first-order valence-corrected chi connectivity index (χ1v) is 9.76. The highest BCUT2D eigenvalue weighted by atomic mass is 32.2. The number of hydrogen-bond donors (Lipinski definition) is 1. The fraction of sp³-hybridized carbons (Fsp3) is 0.0500. The van der Waals surface area contributed by atoms with Crippen molar-refractivity contribution in [3.8, 4) is 0 Å². The standard InChI is InChI=1S/C20H16FN3O2S/c21-18-7-3-4-15(10-18)13-24-14-19(12-22-24)23-27(25,26)20-9-8-16-5-1-2-6-17(16)11-20/h1-12,14,23H,13H2. The van der Waals surface area contributed by atoms with Crippen molar-refractivity contribution < 1.29 is 12.8 Å². The molecule has 0 bridgehead atoms. The lowest BCUT2D eigenvalue weighted by molar-refractivity contribution is 0.601. The molecule has 0 unspecified atom stereocenters. The zero-order valence-corrected chi connectivity index (χ0v) is 15.0. The van der Waals surface area contributed by atoms with Gasteiger partial charge >= 0.3 is 0 Å². The van der Waals surface area contributed by atoms with Crippen molar-refractivity contribution in [3.05, 3.63) is 90.5 Å². The van der Waals surface area contributed by atoms with Crippen LogP contribution in [0.25, 0.3) is 10.8 Å². The molecule has 4 rings (SSSR count). The number of benzene rings is 3. The minimum absolute atomic E-state index is 0.180. The largest absolute Gasteiger partial charge is 0.276 e. The second-order valence-corrected chi connectivity index (χ2v) is 7.85. The third-order valence-corrected chi connectivity index (χ3v) is 5.53. The van der Waals surface area contributed by atoms with Crippen LogP contribution in [-0.4, -0.2) is 18.2 Å².